The molecule has 0 atom stereocenters. The molecule has 0 radical (unpaired) electrons. The molecular formula is C12H16N4O5. The number of nitrogens with one attached hydrogen (secondary N) is 2. The summed E-state index contributed by atoms with van der Waals surface area (Å²) in [5.41, 5.74) is -0.719. The molecule has 0 unspecified atom stereocenters. The highest BCUT2D eigenvalue weighted by Gasteiger charge is 2.17. The van der Waals surface area contributed by atoms with Crippen molar-refractivity contribution in [3.8, 4) is 0 Å². The van der Waals surface area contributed by atoms with E-state index in [1.807, 2.05) is 13.8 Å². The Morgan fingerprint density at radius 2 is 2.14 bits per heavy atom. The van der Waals surface area contributed by atoms with E-state index < -0.39 is 16.6 Å². The smallest absolute Gasteiger partial charge is 0.339 e. The van der Waals surface area contributed by atoms with E-state index >= 15 is 0 Å². The van der Waals surface area contributed by atoms with Gasteiger partial charge in [0.15, 0.2) is 0 Å². The van der Waals surface area contributed by atoms with Crippen molar-refractivity contribution in [3.63, 3.8) is 0 Å². The van der Waals surface area contributed by atoms with E-state index in [4.69, 9.17) is 5.11 Å². The zero-order valence-electron chi connectivity index (χ0n) is 11.6. The summed E-state index contributed by atoms with van der Waals surface area (Å²) in [6.45, 7) is 3.82. The van der Waals surface area contributed by atoms with Gasteiger partial charge < -0.3 is 15.7 Å². The van der Waals surface area contributed by atoms with E-state index in [0.29, 0.717) is 0 Å². The molecule has 114 valence electrons. The van der Waals surface area contributed by atoms with Crippen molar-refractivity contribution in [1.82, 2.24) is 10.3 Å². The van der Waals surface area contributed by atoms with E-state index in [0.717, 1.165) is 12.3 Å². The number of aromatic nitrogens is 1. The van der Waals surface area contributed by atoms with Gasteiger partial charge in [0.1, 0.15) is 17.6 Å². The predicted molar refractivity (Wildman–Crippen MR) is 74.2 cm³/mol. The molecule has 1 heterocycles. The Morgan fingerprint density at radius 1 is 1.48 bits per heavy atom. The fourth-order valence-corrected chi connectivity index (χ4v) is 1.55. The van der Waals surface area contributed by atoms with Gasteiger partial charge in [-0.2, -0.15) is 0 Å². The minimum absolute atomic E-state index is 0.00885. The van der Waals surface area contributed by atoms with Gasteiger partial charge in [-0.25, -0.2) is 9.78 Å². The summed E-state index contributed by atoms with van der Waals surface area (Å²) in [6, 6.07) is 0.941. The van der Waals surface area contributed by atoms with Gasteiger partial charge in [0.25, 0.3) is 5.69 Å². The summed E-state index contributed by atoms with van der Waals surface area (Å²) >= 11 is 0. The molecule has 0 spiro atoms. The molecule has 0 bridgehead atoms. The lowest BCUT2D eigenvalue weighted by Crippen LogP contribution is -2.31. The van der Waals surface area contributed by atoms with Crippen LogP contribution >= 0.6 is 0 Å². The zero-order valence-corrected chi connectivity index (χ0v) is 11.6. The molecule has 9 heteroatoms. The van der Waals surface area contributed by atoms with Crippen LogP contribution in [0.5, 0.6) is 0 Å². The molecule has 0 aliphatic rings. The number of anilines is 1. The number of carboxylic acid groups (broad SMARTS) is 1. The molecule has 1 rings (SSSR count). The highest BCUT2D eigenvalue weighted by atomic mass is 16.6. The Morgan fingerprint density at radius 3 is 2.67 bits per heavy atom. The Kier molecular flexibility index (Phi) is 5.58. The van der Waals surface area contributed by atoms with Crippen LogP contribution < -0.4 is 10.6 Å². The minimum Gasteiger partial charge on any atom is -0.478 e. The number of amides is 1. The van der Waals surface area contributed by atoms with Crippen molar-refractivity contribution in [3.05, 3.63) is 27.9 Å². The molecule has 0 saturated carbocycles. The van der Waals surface area contributed by atoms with Crippen LogP contribution in [0.15, 0.2) is 12.3 Å². The molecular weight excluding hydrogens is 280 g/mol. The van der Waals surface area contributed by atoms with E-state index in [9.17, 15) is 19.7 Å². The lowest BCUT2D eigenvalue weighted by atomic mass is 10.2. The van der Waals surface area contributed by atoms with Gasteiger partial charge in [-0.3, -0.25) is 14.9 Å². The molecule has 0 saturated heterocycles. The average molecular weight is 296 g/mol. The first-order valence-electron chi connectivity index (χ1n) is 6.22. The fourth-order valence-electron chi connectivity index (χ4n) is 1.55. The van der Waals surface area contributed by atoms with E-state index in [2.05, 4.69) is 15.6 Å². The van der Waals surface area contributed by atoms with Gasteiger partial charge in [-0.15, -0.1) is 0 Å². The molecule has 0 fully saturated rings. The van der Waals surface area contributed by atoms with Crippen LogP contribution in [0, 0.1) is 10.1 Å². The summed E-state index contributed by atoms with van der Waals surface area (Å²) in [4.78, 5) is 36.1. The van der Waals surface area contributed by atoms with Crippen LogP contribution in [0.4, 0.5) is 11.5 Å². The average Bonchev–Trinajstić information content (AvgIpc) is 2.37. The summed E-state index contributed by atoms with van der Waals surface area (Å²) in [6.07, 6.45) is 1.10. The van der Waals surface area contributed by atoms with Gasteiger partial charge in [0, 0.05) is 25.1 Å². The summed E-state index contributed by atoms with van der Waals surface area (Å²) in [7, 11) is 0. The van der Waals surface area contributed by atoms with Crippen LogP contribution in [0.2, 0.25) is 0 Å². The van der Waals surface area contributed by atoms with Crippen molar-refractivity contribution in [2.24, 2.45) is 0 Å². The third kappa shape index (κ3) is 5.05. The van der Waals surface area contributed by atoms with Crippen LogP contribution in [-0.4, -0.2) is 39.5 Å². The number of carbonyl (C=O) groups is 2. The molecule has 9 nitrogen and oxygen atoms in total. The Balaban J connectivity index is 2.73. The van der Waals surface area contributed by atoms with Crippen molar-refractivity contribution in [2.75, 3.05) is 11.9 Å². The zero-order chi connectivity index (χ0) is 16.0. The van der Waals surface area contributed by atoms with E-state index in [-0.39, 0.29) is 36.3 Å². The monoisotopic (exact) mass is 296 g/mol. The first-order valence-corrected chi connectivity index (χ1v) is 6.22. The van der Waals surface area contributed by atoms with Crippen LogP contribution in [0.1, 0.15) is 30.6 Å². The quantitative estimate of drug-likeness (QED) is 0.505. The van der Waals surface area contributed by atoms with E-state index in [1.54, 1.807) is 0 Å². The summed E-state index contributed by atoms with van der Waals surface area (Å²) in [5, 5.41) is 25.0. The van der Waals surface area contributed by atoms with Crippen LogP contribution in [0.3, 0.4) is 0 Å². The second-order valence-corrected chi connectivity index (χ2v) is 4.55. The molecule has 0 aromatic carbocycles. The second kappa shape index (κ2) is 7.17. The highest BCUT2D eigenvalue weighted by Crippen LogP contribution is 2.19. The second-order valence-electron chi connectivity index (χ2n) is 4.55. The standard InChI is InChI=1S/C12H16N4O5/c1-7(2)15-10(17)3-4-13-11-9(12(18)19)5-8(6-14-11)16(20)21/h5-7H,3-4H2,1-2H3,(H,13,14)(H,15,17)(H,18,19). The van der Waals surface area contributed by atoms with Gasteiger partial charge >= 0.3 is 5.97 Å². The lowest BCUT2D eigenvalue weighted by Gasteiger charge is -2.10. The number of nitrogens with zero attached hydrogens (tertiary/aromatic N) is 2. The van der Waals surface area contributed by atoms with Crippen molar-refractivity contribution < 1.29 is 19.6 Å². The molecule has 0 aliphatic carbocycles. The maximum Gasteiger partial charge on any atom is 0.339 e. The summed E-state index contributed by atoms with van der Waals surface area (Å²) in [5.74, 6) is -1.53. The Hall–Kier alpha value is -2.71. The van der Waals surface area contributed by atoms with Gasteiger partial charge in [-0.05, 0) is 13.8 Å². The van der Waals surface area contributed by atoms with Crippen molar-refractivity contribution in [1.29, 1.82) is 0 Å². The first kappa shape index (κ1) is 16.3. The maximum atomic E-state index is 11.4. The lowest BCUT2D eigenvalue weighted by molar-refractivity contribution is -0.385. The SMILES string of the molecule is CC(C)NC(=O)CCNc1ncc([N+](=O)[O-])cc1C(=O)O. The summed E-state index contributed by atoms with van der Waals surface area (Å²) < 4.78 is 0. The van der Waals surface area contributed by atoms with Crippen molar-refractivity contribution >= 4 is 23.4 Å². The number of hydrogen-bond acceptors (Lipinski definition) is 6. The van der Waals surface area contributed by atoms with Gasteiger partial charge in [0.05, 0.1) is 4.92 Å². The van der Waals surface area contributed by atoms with Crippen molar-refractivity contribution in [2.45, 2.75) is 26.3 Å². The normalized spacial score (nSPS) is 10.2. The van der Waals surface area contributed by atoms with Gasteiger partial charge in [-0.1, -0.05) is 0 Å². The third-order valence-corrected chi connectivity index (χ3v) is 2.41. The number of rotatable bonds is 7. The fraction of sp³-hybridized carbons (Fsp3) is 0.417. The maximum absolute atomic E-state index is 11.4. The Labute approximate surface area is 120 Å². The predicted octanol–water partition coefficient (Wildman–Crippen LogP) is 1.01. The highest BCUT2D eigenvalue weighted by molar-refractivity contribution is 5.93. The largest absolute Gasteiger partial charge is 0.478 e. The number of carboxylic acids is 1. The topological polar surface area (TPSA) is 134 Å². The number of nitro groups is 1. The number of hydrogen-bond donors (Lipinski definition) is 3. The Bertz CT molecular complexity index is 559. The molecule has 1 aromatic heterocycles. The van der Waals surface area contributed by atoms with Crippen LogP contribution in [-0.2, 0) is 4.79 Å². The van der Waals surface area contributed by atoms with Gasteiger partial charge in [0.2, 0.25) is 5.91 Å². The molecule has 1 aromatic rings. The molecule has 21 heavy (non-hydrogen) atoms. The molecule has 0 aliphatic heterocycles. The number of carbonyl (C=O) groups excluding carboxylic acids is 1. The van der Waals surface area contributed by atoms with E-state index in [1.165, 1.54) is 0 Å². The first-order chi connectivity index (χ1) is 9.81. The molecule has 1 amide bonds. The number of aromatic carboxylic acids is 1. The molecule has 3 N–H and O–H groups in total. The van der Waals surface area contributed by atoms with Crippen LogP contribution in [0.25, 0.3) is 0 Å². The number of pyridine rings is 1. The minimum atomic E-state index is -1.33. The third-order valence-electron chi connectivity index (χ3n) is 2.41.